The summed E-state index contributed by atoms with van der Waals surface area (Å²) in [7, 11) is 0. The molecule has 0 aliphatic carbocycles. The van der Waals surface area contributed by atoms with Crippen LogP contribution in [0.3, 0.4) is 0 Å². The van der Waals surface area contributed by atoms with Crippen LogP contribution in [0, 0.1) is 5.82 Å². The normalized spacial score (nSPS) is 12.3. The second kappa shape index (κ2) is 5.91. The SMILES string of the molecule is O=C/C(=C\c1ccc(C(F)(F)F)cc1)c1ccc(F)cc1. The maximum Gasteiger partial charge on any atom is 0.416 e. The number of allylic oxidation sites excluding steroid dienone is 1. The number of hydrogen-bond donors (Lipinski definition) is 0. The first-order valence-corrected chi connectivity index (χ1v) is 6.00. The zero-order valence-corrected chi connectivity index (χ0v) is 10.7. The predicted molar refractivity (Wildman–Crippen MR) is 71.8 cm³/mol. The van der Waals surface area contributed by atoms with Crippen LogP contribution in [0.15, 0.2) is 48.5 Å². The molecule has 0 aromatic heterocycles. The maximum absolute atomic E-state index is 12.8. The maximum atomic E-state index is 12.8. The highest BCUT2D eigenvalue weighted by atomic mass is 19.4. The highest BCUT2D eigenvalue weighted by Gasteiger charge is 2.29. The lowest BCUT2D eigenvalue weighted by Crippen LogP contribution is -2.04. The van der Waals surface area contributed by atoms with E-state index in [4.69, 9.17) is 0 Å². The van der Waals surface area contributed by atoms with Crippen molar-refractivity contribution >= 4 is 17.9 Å². The Bertz CT molecular complexity index is 652. The molecular weight excluding hydrogens is 284 g/mol. The summed E-state index contributed by atoms with van der Waals surface area (Å²) in [4.78, 5) is 11.1. The Kier molecular flexibility index (Phi) is 4.21. The summed E-state index contributed by atoms with van der Waals surface area (Å²) in [5.41, 5.74) is 0.449. The monoisotopic (exact) mass is 294 g/mol. The van der Waals surface area contributed by atoms with Gasteiger partial charge in [0.05, 0.1) is 5.56 Å². The molecule has 2 aromatic carbocycles. The van der Waals surface area contributed by atoms with Crippen LogP contribution in [0.2, 0.25) is 0 Å². The van der Waals surface area contributed by atoms with E-state index in [9.17, 15) is 22.4 Å². The van der Waals surface area contributed by atoms with Gasteiger partial charge in [-0.1, -0.05) is 24.3 Å². The molecule has 0 amide bonds. The average Bonchev–Trinajstić information content (AvgIpc) is 2.45. The lowest BCUT2D eigenvalue weighted by atomic mass is 10.0. The van der Waals surface area contributed by atoms with Crippen molar-refractivity contribution in [1.82, 2.24) is 0 Å². The van der Waals surface area contributed by atoms with Crippen molar-refractivity contribution in [3.05, 3.63) is 71.0 Å². The third kappa shape index (κ3) is 3.78. The Labute approximate surface area is 118 Å². The van der Waals surface area contributed by atoms with Gasteiger partial charge >= 0.3 is 6.18 Å². The molecular formula is C16H10F4O. The average molecular weight is 294 g/mol. The molecule has 0 saturated carbocycles. The summed E-state index contributed by atoms with van der Waals surface area (Å²) < 4.78 is 50.2. The first kappa shape index (κ1) is 15.0. The summed E-state index contributed by atoms with van der Waals surface area (Å²) in [6, 6.07) is 9.71. The van der Waals surface area contributed by atoms with Gasteiger partial charge in [-0.15, -0.1) is 0 Å². The van der Waals surface area contributed by atoms with Crippen molar-refractivity contribution in [2.24, 2.45) is 0 Å². The van der Waals surface area contributed by atoms with Gasteiger partial charge in [-0.25, -0.2) is 4.39 Å². The molecule has 0 N–H and O–H groups in total. The molecule has 0 atom stereocenters. The smallest absolute Gasteiger partial charge is 0.298 e. The number of hydrogen-bond acceptors (Lipinski definition) is 1. The van der Waals surface area contributed by atoms with Crippen molar-refractivity contribution in [3.63, 3.8) is 0 Å². The van der Waals surface area contributed by atoms with Gasteiger partial charge in [-0.3, -0.25) is 4.79 Å². The highest BCUT2D eigenvalue weighted by molar-refractivity contribution is 6.13. The first-order chi connectivity index (χ1) is 9.90. The molecule has 0 bridgehead atoms. The number of aldehydes is 1. The number of halogens is 4. The molecule has 0 saturated heterocycles. The second-order valence-electron chi connectivity index (χ2n) is 4.34. The summed E-state index contributed by atoms with van der Waals surface area (Å²) in [5, 5.41) is 0. The van der Waals surface area contributed by atoms with E-state index in [1.807, 2.05) is 0 Å². The molecule has 2 aromatic rings. The minimum absolute atomic E-state index is 0.259. The molecule has 0 aliphatic rings. The lowest BCUT2D eigenvalue weighted by molar-refractivity contribution is -0.137. The molecule has 0 aliphatic heterocycles. The van der Waals surface area contributed by atoms with Crippen LogP contribution >= 0.6 is 0 Å². The van der Waals surface area contributed by atoms with Crippen LogP contribution in [0.5, 0.6) is 0 Å². The van der Waals surface area contributed by atoms with Crippen molar-refractivity contribution in [2.45, 2.75) is 6.18 Å². The van der Waals surface area contributed by atoms with Gasteiger partial charge in [0.1, 0.15) is 5.82 Å². The van der Waals surface area contributed by atoms with Crippen LogP contribution in [0.1, 0.15) is 16.7 Å². The molecule has 0 fully saturated rings. The van der Waals surface area contributed by atoms with Crippen molar-refractivity contribution < 1.29 is 22.4 Å². The number of rotatable bonds is 3. The fourth-order valence-corrected chi connectivity index (χ4v) is 1.78. The van der Waals surface area contributed by atoms with E-state index in [1.54, 1.807) is 0 Å². The van der Waals surface area contributed by atoms with Crippen LogP contribution in [0.25, 0.3) is 11.6 Å². The number of benzene rings is 2. The summed E-state index contributed by atoms with van der Waals surface area (Å²) in [6.07, 6.45) is -2.38. The molecule has 21 heavy (non-hydrogen) atoms. The van der Waals surface area contributed by atoms with Gasteiger partial charge in [0, 0.05) is 5.57 Å². The molecule has 1 nitrogen and oxygen atoms in total. The van der Waals surface area contributed by atoms with Gasteiger partial charge < -0.3 is 0 Å². The van der Waals surface area contributed by atoms with Gasteiger partial charge in [-0.2, -0.15) is 13.2 Å². The molecule has 0 heterocycles. The Hall–Kier alpha value is -2.43. The van der Waals surface area contributed by atoms with Crippen LogP contribution < -0.4 is 0 Å². The topological polar surface area (TPSA) is 17.1 Å². The van der Waals surface area contributed by atoms with E-state index in [-0.39, 0.29) is 5.57 Å². The fourth-order valence-electron chi connectivity index (χ4n) is 1.78. The first-order valence-electron chi connectivity index (χ1n) is 6.00. The largest absolute Gasteiger partial charge is 0.416 e. The summed E-state index contributed by atoms with van der Waals surface area (Å²) in [6.45, 7) is 0. The van der Waals surface area contributed by atoms with Crippen molar-refractivity contribution in [3.8, 4) is 0 Å². The van der Waals surface area contributed by atoms with E-state index >= 15 is 0 Å². The van der Waals surface area contributed by atoms with Crippen LogP contribution in [0.4, 0.5) is 17.6 Å². The Balaban J connectivity index is 2.32. The molecule has 0 spiro atoms. The van der Waals surface area contributed by atoms with Crippen molar-refractivity contribution in [2.75, 3.05) is 0 Å². The predicted octanol–water partition coefficient (Wildman–Crippen LogP) is 4.58. The van der Waals surface area contributed by atoms with Crippen molar-refractivity contribution in [1.29, 1.82) is 0 Å². The number of carbonyl (C=O) groups excluding carboxylic acids is 1. The van der Waals surface area contributed by atoms with Crippen LogP contribution in [-0.4, -0.2) is 6.29 Å². The molecule has 0 unspecified atom stereocenters. The van der Waals surface area contributed by atoms with Gasteiger partial charge in [0.25, 0.3) is 0 Å². The van der Waals surface area contributed by atoms with E-state index < -0.39 is 17.6 Å². The Morgan fingerprint density at radius 2 is 1.48 bits per heavy atom. The number of alkyl halides is 3. The molecule has 2 rings (SSSR count). The van der Waals surface area contributed by atoms with E-state index in [1.165, 1.54) is 42.5 Å². The Morgan fingerprint density at radius 3 is 1.95 bits per heavy atom. The minimum atomic E-state index is -4.40. The molecule has 0 radical (unpaired) electrons. The standard InChI is InChI=1S/C16H10F4O/c17-15-7-3-12(4-8-15)13(10-21)9-11-1-5-14(6-2-11)16(18,19)20/h1-10H/b13-9+. The fraction of sp³-hybridized carbons (Fsp3) is 0.0625. The zero-order chi connectivity index (χ0) is 15.5. The minimum Gasteiger partial charge on any atom is -0.298 e. The highest BCUT2D eigenvalue weighted by Crippen LogP contribution is 2.29. The van der Waals surface area contributed by atoms with E-state index in [2.05, 4.69) is 0 Å². The van der Waals surface area contributed by atoms with E-state index in [0.717, 1.165) is 12.1 Å². The van der Waals surface area contributed by atoms with Gasteiger partial charge in [-0.05, 0) is 41.5 Å². The summed E-state index contributed by atoms with van der Waals surface area (Å²) in [5.74, 6) is -0.432. The lowest BCUT2D eigenvalue weighted by Gasteiger charge is -2.06. The third-order valence-corrected chi connectivity index (χ3v) is 2.86. The quantitative estimate of drug-likeness (QED) is 0.350. The number of carbonyl (C=O) groups is 1. The van der Waals surface area contributed by atoms with Crippen LogP contribution in [-0.2, 0) is 11.0 Å². The van der Waals surface area contributed by atoms with E-state index in [0.29, 0.717) is 17.4 Å². The third-order valence-electron chi connectivity index (χ3n) is 2.86. The van der Waals surface area contributed by atoms with Gasteiger partial charge in [0.2, 0.25) is 0 Å². The molecule has 108 valence electrons. The van der Waals surface area contributed by atoms with Gasteiger partial charge in [0.15, 0.2) is 6.29 Å². The summed E-state index contributed by atoms with van der Waals surface area (Å²) >= 11 is 0. The second-order valence-corrected chi connectivity index (χ2v) is 4.34. The molecule has 5 heteroatoms. The zero-order valence-electron chi connectivity index (χ0n) is 10.7. The Morgan fingerprint density at radius 1 is 0.905 bits per heavy atom.